The summed E-state index contributed by atoms with van der Waals surface area (Å²) in [5.41, 5.74) is 4.44. The summed E-state index contributed by atoms with van der Waals surface area (Å²) >= 11 is 5.68. The Morgan fingerprint density at radius 2 is 2.31 bits per heavy atom. The van der Waals surface area contributed by atoms with E-state index in [9.17, 15) is 13.6 Å². The number of hydrogen-bond donors (Lipinski definition) is 1. The molecule has 1 rings (SSSR count). The number of carbonyl (C=O) groups excluding carboxylic acids is 1. The Hall–Kier alpha value is -1.27. The number of nitrogens with two attached hydrogens (primary N) is 1. The maximum absolute atomic E-state index is 12.7. The van der Waals surface area contributed by atoms with Crippen LogP contribution in [0.1, 0.15) is 28.0 Å². The molecule has 16 heavy (non-hydrogen) atoms. The van der Waals surface area contributed by atoms with Crippen molar-refractivity contribution in [1.29, 1.82) is 0 Å². The zero-order valence-electron chi connectivity index (χ0n) is 8.34. The molecule has 88 valence electrons. The summed E-state index contributed by atoms with van der Waals surface area (Å²) in [4.78, 5) is 14.9. The number of alkyl halides is 2. The lowest BCUT2D eigenvalue weighted by atomic mass is 10.1. The van der Waals surface area contributed by atoms with Gasteiger partial charge in [-0.15, -0.1) is 0 Å². The molecule has 0 saturated carbocycles. The van der Waals surface area contributed by atoms with Gasteiger partial charge in [-0.1, -0.05) is 11.6 Å². The van der Waals surface area contributed by atoms with Crippen LogP contribution in [0.25, 0.3) is 0 Å². The van der Waals surface area contributed by atoms with E-state index in [1.807, 2.05) is 0 Å². The van der Waals surface area contributed by atoms with Gasteiger partial charge in [0.1, 0.15) is 0 Å². The van der Waals surface area contributed by atoms with Crippen LogP contribution >= 0.6 is 11.6 Å². The molecule has 0 aliphatic rings. The first-order valence-electron chi connectivity index (χ1n) is 4.26. The molecule has 1 aromatic heterocycles. The standard InChI is InChI=1S/C9H9ClF2N2O2/c1-16-9(15)4-3-14-5(2-13)7(10)6(4)8(11)12/h3,8H,2,13H2,1H3. The van der Waals surface area contributed by atoms with E-state index in [-0.39, 0.29) is 22.8 Å². The number of ether oxygens (including phenoxy) is 1. The summed E-state index contributed by atoms with van der Waals surface area (Å²) < 4.78 is 29.8. The summed E-state index contributed by atoms with van der Waals surface area (Å²) in [7, 11) is 1.09. The molecular weight excluding hydrogens is 242 g/mol. The highest BCUT2D eigenvalue weighted by molar-refractivity contribution is 6.32. The summed E-state index contributed by atoms with van der Waals surface area (Å²) in [6, 6.07) is 0. The number of hydrogen-bond acceptors (Lipinski definition) is 4. The number of halogens is 3. The first-order valence-corrected chi connectivity index (χ1v) is 4.64. The Bertz CT molecular complexity index is 413. The van der Waals surface area contributed by atoms with E-state index in [1.165, 1.54) is 0 Å². The van der Waals surface area contributed by atoms with Crippen LogP contribution in [0.3, 0.4) is 0 Å². The molecular formula is C9H9ClF2N2O2. The predicted octanol–water partition coefficient (Wildman–Crippen LogP) is 1.92. The topological polar surface area (TPSA) is 65.2 Å². The number of aromatic nitrogens is 1. The van der Waals surface area contributed by atoms with Crippen molar-refractivity contribution in [3.8, 4) is 0 Å². The van der Waals surface area contributed by atoms with Crippen molar-refractivity contribution in [2.45, 2.75) is 13.0 Å². The van der Waals surface area contributed by atoms with E-state index in [2.05, 4.69) is 9.72 Å². The zero-order chi connectivity index (χ0) is 12.3. The zero-order valence-corrected chi connectivity index (χ0v) is 9.09. The molecule has 0 atom stereocenters. The van der Waals surface area contributed by atoms with Gasteiger partial charge in [-0.2, -0.15) is 0 Å². The Labute approximate surface area is 95.4 Å². The predicted molar refractivity (Wildman–Crippen MR) is 53.4 cm³/mol. The Morgan fingerprint density at radius 1 is 1.69 bits per heavy atom. The van der Waals surface area contributed by atoms with Crippen molar-refractivity contribution in [3.63, 3.8) is 0 Å². The summed E-state index contributed by atoms with van der Waals surface area (Å²) in [5, 5.41) is -0.291. The van der Waals surface area contributed by atoms with Crippen molar-refractivity contribution in [2.75, 3.05) is 7.11 Å². The van der Waals surface area contributed by atoms with Gasteiger partial charge >= 0.3 is 5.97 Å². The average Bonchev–Trinajstić information content (AvgIpc) is 2.26. The fourth-order valence-electron chi connectivity index (χ4n) is 1.17. The molecule has 0 saturated heterocycles. The molecule has 7 heteroatoms. The van der Waals surface area contributed by atoms with Crippen molar-refractivity contribution < 1.29 is 18.3 Å². The minimum absolute atomic E-state index is 0.0833. The molecule has 0 unspecified atom stereocenters. The summed E-state index contributed by atoms with van der Waals surface area (Å²) in [6.45, 7) is -0.0833. The quantitative estimate of drug-likeness (QED) is 0.833. The van der Waals surface area contributed by atoms with E-state index in [0.29, 0.717) is 0 Å². The fourth-order valence-corrected chi connectivity index (χ4v) is 1.48. The maximum Gasteiger partial charge on any atom is 0.339 e. The smallest absolute Gasteiger partial charge is 0.339 e. The van der Waals surface area contributed by atoms with Gasteiger partial charge in [-0.3, -0.25) is 4.98 Å². The molecule has 0 aliphatic heterocycles. The Morgan fingerprint density at radius 3 is 2.75 bits per heavy atom. The number of carbonyl (C=O) groups is 1. The van der Waals surface area contributed by atoms with Crippen molar-refractivity contribution in [2.24, 2.45) is 5.73 Å². The SMILES string of the molecule is COC(=O)c1cnc(CN)c(Cl)c1C(F)F. The van der Waals surface area contributed by atoms with Crippen LogP contribution in [0.5, 0.6) is 0 Å². The van der Waals surface area contributed by atoms with Crippen molar-refractivity contribution >= 4 is 17.6 Å². The minimum atomic E-state index is -2.89. The van der Waals surface area contributed by atoms with Gasteiger partial charge in [0.25, 0.3) is 6.43 Å². The lowest BCUT2D eigenvalue weighted by molar-refractivity contribution is 0.0588. The third-order valence-corrected chi connectivity index (χ3v) is 2.37. The van der Waals surface area contributed by atoms with Crippen LogP contribution in [0, 0.1) is 0 Å². The van der Waals surface area contributed by atoms with Crippen LogP contribution in [0.2, 0.25) is 5.02 Å². The molecule has 0 radical (unpaired) electrons. The second-order valence-corrected chi connectivity index (χ2v) is 3.22. The van der Waals surface area contributed by atoms with Gasteiger partial charge in [-0.25, -0.2) is 13.6 Å². The van der Waals surface area contributed by atoms with E-state index in [0.717, 1.165) is 13.3 Å². The average molecular weight is 251 g/mol. The highest BCUT2D eigenvalue weighted by Crippen LogP contribution is 2.32. The number of esters is 1. The normalized spacial score (nSPS) is 10.6. The first-order chi connectivity index (χ1) is 7.52. The lowest BCUT2D eigenvalue weighted by Gasteiger charge is -2.11. The summed E-state index contributed by atoms with van der Waals surface area (Å²) in [5.74, 6) is -0.909. The molecule has 1 heterocycles. The largest absolute Gasteiger partial charge is 0.465 e. The number of methoxy groups -OCH3 is 1. The number of rotatable bonds is 3. The van der Waals surface area contributed by atoms with Gasteiger partial charge in [0, 0.05) is 12.7 Å². The van der Waals surface area contributed by atoms with Crippen LogP contribution in [-0.4, -0.2) is 18.1 Å². The Kier molecular flexibility index (Phi) is 4.14. The first kappa shape index (κ1) is 12.8. The molecule has 0 spiro atoms. The van der Waals surface area contributed by atoms with Gasteiger partial charge in [0.15, 0.2) is 0 Å². The summed E-state index contributed by atoms with van der Waals surface area (Å²) in [6.07, 6.45) is -1.91. The molecule has 2 N–H and O–H groups in total. The van der Waals surface area contributed by atoms with Crippen molar-refractivity contribution in [3.05, 3.63) is 28.0 Å². The third-order valence-electron chi connectivity index (χ3n) is 1.95. The number of pyridine rings is 1. The molecule has 0 bridgehead atoms. The van der Waals surface area contributed by atoms with Gasteiger partial charge in [0.05, 0.1) is 29.0 Å². The van der Waals surface area contributed by atoms with Crippen LogP contribution in [0.15, 0.2) is 6.20 Å². The highest BCUT2D eigenvalue weighted by Gasteiger charge is 2.24. The fraction of sp³-hybridized carbons (Fsp3) is 0.333. The van der Waals surface area contributed by atoms with E-state index < -0.39 is 18.0 Å². The maximum atomic E-state index is 12.7. The molecule has 4 nitrogen and oxygen atoms in total. The second kappa shape index (κ2) is 5.18. The molecule has 0 aliphatic carbocycles. The van der Waals surface area contributed by atoms with E-state index in [4.69, 9.17) is 17.3 Å². The van der Waals surface area contributed by atoms with E-state index >= 15 is 0 Å². The van der Waals surface area contributed by atoms with E-state index in [1.54, 1.807) is 0 Å². The molecule has 0 amide bonds. The van der Waals surface area contributed by atoms with Crippen LogP contribution in [-0.2, 0) is 11.3 Å². The molecule has 1 aromatic rings. The molecule has 0 fully saturated rings. The monoisotopic (exact) mass is 250 g/mol. The van der Waals surface area contributed by atoms with Crippen LogP contribution < -0.4 is 5.73 Å². The van der Waals surface area contributed by atoms with Gasteiger partial charge in [0.2, 0.25) is 0 Å². The lowest BCUT2D eigenvalue weighted by Crippen LogP contribution is -2.11. The highest BCUT2D eigenvalue weighted by atomic mass is 35.5. The van der Waals surface area contributed by atoms with Gasteiger partial charge < -0.3 is 10.5 Å². The van der Waals surface area contributed by atoms with Crippen LogP contribution in [0.4, 0.5) is 8.78 Å². The number of nitrogens with zero attached hydrogens (tertiary/aromatic N) is 1. The molecule has 0 aromatic carbocycles. The van der Waals surface area contributed by atoms with Crippen molar-refractivity contribution in [1.82, 2.24) is 4.98 Å². The Balaban J connectivity index is 3.40. The minimum Gasteiger partial charge on any atom is -0.465 e. The third kappa shape index (κ3) is 2.28. The van der Waals surface area contributed by atoms with Gasteiger partial charge in [-0.05, 0) is 0 Å². The second-order valence-electron chi connectivity index (χ2n) is 2.84.